The highest BCUT2D eigenvalue weighted by atomic mass is 16.3. The molecule has 170 valence electrons. The monoisotopic (exact) mass is 414 g/mol. The molecule has 0 aliphatic heterocycles. The van der Waals surface area contributed by atoms with Gasteiger partial charge < -0.3 is 10.2 Å². The smallest absolute Gasteiger partial charge is 0.0758 e. The second-order valence-corrected chi connectivity index (χ2v) is 12.4. The lowest BCUT2D eigenvalue weighted by molar-refractivity contribution is -0.0829. The lowest BCUT2D eigenvalue weighted by Gasteiger charge is -2.58. The van der Waals surface area contributed by atoms with E-state index in [1.54, 1.807) is 5.57 Å². The highest BCUT2D eigenvalue weighted by molar-refractivity contribution is 5.30. The van der Waals surface area contributed by atoms with E-state index in [0.717, 1.165) is 25.2 Å². The van der Waals surface area contributed by atoms with Crippen LogP contribution in [0.25, 0.3) is 0 Å². The van der Waals surface area contributed by atoms with Gasteiger partial charge in [-0.15, -0.1) is 0 Å². The Bertz CT molecular complexity index is 693. The van der Waals surface area contributed by atoms with Crippen molar-refractivity contribution in [2.24, 2.45) is 52.3 Å². The molecule has 4 rings (SSSR count). The first-order valence-electron chi connectivity index (χ1n) is 12.8. The van der Waals surface area contributed by atoms with Gasteiger partial charge in [-0.1, -0.05) is 65.3 Å². The van der Waals surface area contributed by atoms with Crippen LogP contribution in [-0.4, -0.2) is 22.4 Å². The van der Waals surface area contributed by atoms with Crippen molar-refractivity contribution >= 4 is 0 Å². The molecule has 2 heteroatoms. The Kier molecular flexibility index (Phi) is 6.08. The molecule has 30 heavy (non-hydrogen) atoms. The lowest BCUT2D eigenvalue weighted by Crippen LogP contribution is -2.53. The predicted octanol–water partition coefficient (Wildman–Crippen LogP) is 6.38. The molecule has 0 aromatic carbocycles. The quantitative estimate of drug-likeness (QED) is 0.524. The first-order valence-corrected chi connectivity index (χ1v) is 12.8. The minimum atomic E-state index is -0.373. The Morgan fingerprint density at radius 2 is 1.57 bits per heavy atom. The van der Waals surface area contributed by atoms with Crippen LogP contribution in [0.4, 0.5) is 0 Å². The molecule has 0 spiro atoms. The predicted molar refractivity (Wildman–Crippen MR) is 125 cm³/mol. The Morgan fingerprint density at radius 1 is 0.900 bits per heavy atom. The van der Waals surface area contributed by atoms with Crippen molar-refractivity contribution in [1.29, 1.82) is 0 Å². The van der Waals surface area contributed by atoms with Crippen molar-refractivity contribution in [2.45, 2.75) is 98.7 Å². The fraction of sp³-hybridized carbons (Fsp3) is 0.857. The highest BCUT2D eigenvalue weighted by Gasteiger charge is 2.59. The maximum absolute atomic E-state index is 11.1. The summed E-state index contributed by atoms with van der Waals surface area (Å²) in [6.45, 7) is 14.4. The van der Waals surface area contributed by atoms with Crippen LogP contribution in [0.1, 0.15) is 86.5 Å². The average Bonchev–Trinajstić information content (AvgIpc) is 3.04. The van der Waals surface area contributed by atoms with E-state index in [0.29, 0.717) is 35.0 Å². The van der Waals surface area contributed by atoms with Gasteiger partial charge >= 0.3 is 0 Å². The third-order valence-corrected chi connectivity index (χ3v) is 10.6. The summed E-state index contributed by atoms with van der Waals surface area (Å²) < 4.78 is 0. The van der Waals surface area contributed by atoms with Crippen LogP contribution in [0, 0.1) is 52.3 Å². The van der Waals surface area contributed by atoms with E-state index in [9.17, 15) is 10.2 Å². The van der Waals surface area contributed by atoms with Crippen molar-refractivity contribution < 1.29 is 10.2 Å². The molecule has 2 N–H and O–H groups in total. The van der Waals surface area contributed by atoms with E-state index >= 15 is 0 Å². The van der Waals surface area contributed by atoms with Crippen LogP contribution < -0.4 is 0 Å². The van der Waals surface area contributed by atoms with Gasteiger partial charge in [-0.2, -0.15) is 0 Å². The third kappa shape index (κ3) is 3.54. The Balaban J connectivity index is 1.58. The summed E-state index contributed by atoms with van der Waals surface area (Å²) in [7, 11) is 0. The van der Waals surface area contributed by atoms with Gasteiger partial charge in [-0.05, 0) is 97.2 Å². The van der Waals surface area contributed by atoms with E-state index in [1.807, 2.05) is 0 Å². The van der Waals surface area contributed by atoms with Crippen molar-refractivity contribution in [1.82, 2.24) is 0 Å². The van der Waals surface area contributed by atoms with Gasteiger partial charge in [0.05, 0.1) is 12.2 Å². The normalized spacial score (nSPS) is 48.1. The molecule has 4 aliphatic rings. The molecule has 0 saturated heterocycles. The Labute approximate surface area is 185 Å². The second-order valence-electron chi connectivity index (χ2n) is 12.4. The molecule has 3 fully saturated rings. The second kappa shape index (κ2) is 8.07. The van der Waals surface area contributed by atoms with Crippen LogP contribution in [0.5, 0.6) is 0 Å². The van der Waals surface area contributed by atoms with E-state index < -0.39 is 0 Å². The van der Waals surface area contributed by atoms with Crippen LogP contribution in [-0.2, 0) is 0 Å². The van der Waals surface area contributed by atoms with Crippen molar-refractivity contribution in [2.75, 3.05) is 0 Å². The number of rotatable bonds is 4. The molecule has 2 nitrogen and oxygen atoms in total. The van der Waals surface area contributed by atoms with E-state index in [4.69, 9.17) is 0 Å². The summed E-state index contributed by atoms with van der Waals surface area (Å²) >= 11 is 0. The number of hydrogen-bond acceptors (Lipinski definition) is 2. The van der Waals surface area contributed by atoms with Gasteiger partial charge in [-0.3, -0.25) is 0 Å². The lowest BCUT2D eigenvalue weighted by atomic mass is 9.47. The molecular weight excluding hydrogens is 368 g/mol. The largest absolute Gasteiger partial charge is 0.393 e. The molecule has 4 aliphatic carbocycles. The van der Waals surface area contributed by atoms with Crippen molar-refractivity contribution in [3.05, 3.63) is 23.8 Å². The van der Waals surface area contributed by atoms with Gasteiger partial charge in [0.2, 0.25) is 0 Å². The van der Waals surface area contributed by atoms with Crippen LogP contribution in [0.3, 0.4) is 0 Å². The number of aliphatic hydroxyl groups excluding tert-OH is 2. The number of aliphatic hydroxyl groups is 2. The maximum Gasteiger partial charge on any atom is 0.0758 e. The SMILES string of the molecule is CC(C)[C@@H](C)/C=C/[C@@H](C)[C@H]1CC[C@H]2C3=C[C@@H](O)[C@H]4C[C@@H](O)CC[C@]4(C)[C@H]3CC[C@]12C. The molecule has 0 bridgehead atoms. The third-order valence-electron chi connectivity index (χ3n) is 10.6. The van der Waals surface area contributed by atoms with Crippen LogP contribution in [0.2, 0.25) is 0 Å². The summed E-state index contributed by atoms with van der Waals surface area (Å²) in [5, 5.41) is 21.4. The summed E-state index contributed by atoms with van der Waals surface area (Å²) in [5.41, 5.74) is 2.13. The highest BCUT2D eigenvalue weighted by Crippen LogP contribution is 2.66. The summed E-state index contributed by atoms with van der Waals surface area (Å²) in [6, 6.07) is 0. The van der Waals surface area contributed by atoms with E-state index in [1.165, 1.54) is 25.7 Å². The average molecular weight is 415 g/mol. The van der Waals surface area contributed by atoms with Crippen molar-refractivity contribution in [3.63, 3.8) is 0 Å². The van der Waals surface area contributed by atoms with E-state index in [2.05, 4.69) is 59.8 Å². The number of allylic oxidation sites excluding steroid dienone is 3. The molecule has 3 saturated carbocycles. The first-order chi connectivity index (χ1) is 14.1. The van der Waals surface area contributed by atoms with Crippen LogP contribution in [0.15, 0.2) is 23.8 Å². The molecule has 0 aromatic rings. The fourth-order valence-electron chi connectivity index (χ4n) is 8.17. The molecule has 0 radical (unpaired) electrons. The van der Waals surface area contributed by atoms with Gasteiger partial charge in [0.1, 0.15) is 0 Å². The first kappa shape index (κ1) is 22.6. The standard InChI is InChI=1S/C28H46O2/c1-17(2)18(3)7-8-19(4)22-9-10-23-21-16-26(30)25-15-20(29)11-13-28(25,6)24(21)12-14-27(22,23)5/h7-8,16-20,22-26,29-30H,9-15H2,1-6H3/b8-7+/t18-,19+,20-,22+,23-,24-,25+,26+,27+,28+/m0/s1. The Morgan fingerprint density at radius 3 is 2.27 bits per heavy atom. The van der Waals surface area contributed by atoms with Gasteiger partial charge in [0.25, 0.3) is 0 Å². The zero-order chi connectivity index (χ0) is 21.8. The maximum atomic E-state index is 11.1. The minimum absolute atomic E-state index is 0.167. The minimum Gasteiger partial charge on any atom is -0.393 e. The summed E-state index contributed by atoms with van der Waals surface area (Å²) in [6.07, 6.45) is 14.6. The zero-order valence-corrected chi connectivity index (χ0v) is 20.3. The van der Waals surface area contributed by atoms with Gasteiger partial charge in [0.15, 0.2) is 0 Å². The number of fused-ring (bicyclic) bond motifs is 5. The zero-order valence-electron chi connectivity index (χ0n) is 20.3. The van der Waals surface area contributed by atoms with Crippen molar-refractivity contribution in [3.8, 4) is 0 Å². The molecule has 0 aromatic heterocycles. The molecule has 10 atom stereocenters. The van der Waals surface area contributed by atoms with Gasteiger partial charge in [-0.25, -0.2) is 0 Å². The topological polar surface area (TPSA) is 40.5 Å². The molecular formula is C28H46O2. The Hall–Kier alpha value is -0.600. The fourth-order valence-corrected chi connectivity index (χ4v) is 8.17. The van der Waals surface area contributed by atoms with E-state index in [-0.39, 0.29) is 23.5 Å². The molecule has 0 heterocycles. The van der Waals surface area contributed by atoms with Crippen LogP contribution >= 0.6 is 0 Å². The summed E-state index contributed by atoms with van der Waals surface area (Å²) in [4.78, 5) is 0. The van der Waals surface area contributed by atoms with Gasteiger partial charge in [0, 0.05) is 0 Å². The number of hydrogen-bond donors (Lipinski definition) is 2. The molecule has 0 amide bonds. The molecule has 0 unspecified atom stereocenters. The summed E-state index contributed by atoms with van der Waals surface area (Å²) in [5.74, 6) is 4.20.